The number of methoxy groups -OCH3 is 1. The Balaban J connectivity index is 2.36. The van der Waals surface area contributed by atoms with E-state index in [1.807, 2.05) is 37.3 Å². The van der Waals surface area contributed by atoms with E-state index in [4.69, 9.17) is 11.6 Å². The van der Waals surface area contributed by atoms with Crippen LogP contribution in [0.1, 0.15) is 26.2 Å². The van der Waals surface area contributed by atoms with Crippen LogP contribution in [0.5, 0.6) is 0 Å². The van der Waals surface area contributed by atoms with Crippen molar-refractivity contribution in [2.75, 3.05) is 7.11 Å². The van der Waals surface area contributed by atoms with Crippen molar-refractivity contribution in [2.24, 2.45) is 10.2 Å². The van der Waals surface area contributed by atoms with Gasteiger partial charge >= 0.3 is 5.97 Å². The SMILES string of the molecule is COC(=O)/C=C/CCCC(C)(Cl)N=Nc1ccccc1. The van der Waals surface area contributed by atoms with Crippen LogP contribution in [0.2, 0.25) is 0 Å². The molecule has 1 aromatic carbocycles. The van der Waals surface area contributed by atoms with Crippen molar-refractivity contribution < 1.29 is 9.53 Å². The number of esters is 1. The van der Waals surface area contributed by atoms with E-state index in [0.29, 0.717) is 6.42 Å². The van der Waals surface area contributed by atoms with Gasteiger partial charge in [-0.25, -0.2) is 4.79 Å². The van der Waals surface area contributed by atoms with Crippen LogP contribution in [0.15, 0.2) is 52.7 Å². The molecule has 1 aromatic rings. The van der Waals surface area contributed by atoms with E-state index < -0.39 is 5.00 Å². The molecule has 0 amide bonds. The number of allylic oxidation sites excluding steroid dienone is 1. The van der Waals surface area contributed by atoms with Crippen LogP contribution >= 0.6 is 11.6 Å². The molecule has 0 N–H and O–H groups in total. The highest BCUT2D eigenvalue weighted by Crippen LogP contribution is 2.26. The van der Waals surface area contributed by atoms with Crippen LogP contribution in [0.3, 0.4) is 0 Å². The number of rotatable bonds is 7. The molecule has 0 fully saturated rings. The standard InChI is InChI=1S/C15H19ClN2O2/c1-15(16,12-8-4-7-11-14(19)20-2)18-17-13-9-5-3-6-10-13/h3,5-7,9-11H,4,8,12H2,1-2H3/b11-7+,18-17?. The van der Waals surface area contributed by atoms with Gasteiger partial charge in [-0.05, 0) is 38.3 Å². The molecular weight excluding hydrogens is 276 g/mol. The number of carbonyl (C=O) groups is 1. The summed E-state index contributed by atoms with van der Waals surface area (Å²) in [5.41, 5.74) is 0.782. The van der Waals surface area contributed by atoms with Crippen LogP contribution < -0.4 is 0 Å². The van der Waals surface area contributed by atoms with E-state index >= 15 is 0 Å². The quantitative estimate of drug-likeness (QED) is 0.184. The van der Waals surface area contributed by atoms with Gasteiger partial charge in [0.2, 0.25) is 0 Å². The topological polar surface area (TPSA) is 51.0 Å². The molecule has 0 heterocycles. The van der Waals surface area contributed by atoms with Gasteiger partial charge in [-0.2, -0.15) is 10.2 Å². The minimum Gasteiger partial charge on any atom is -0.466 e. The molecule has 4 nitrogen and oxygen atoms in total. The van der Waals surface area contributed by atoms with Crippen molar-refractivity contribution in [2.45, 2.75) is 31.2 Å². The third-order valence-corrected chi connectivity index (χ3v) is 2.85. The van der Waals surface area contributed by atoms with Gasteiger partial charge in [0.1, 0.15) is 0 Å². The molecule has 1 atom stereocenters. The van der Waals surface area contributed by atoms with Gasteiger partial charge < -0.3 is 4.74 Å². The lowest BCUT2D eigenvalue weighted by Crippen LogP contribution is -2.11. The Morgan fingerprint density at radius 2 is 2.10 bits per heavy atom. The molecule has 1 unspecified atom stereocenters. The van der Waals surface area contributed by atoms with E-state index in [2.05, 4.69) is 15.0 Å². The van der Waals surface area contributed by atoms with Crippen LogP contribution in [0.4, 0.5) is 5.69 Å². The van der Waals surface area contributed by atoms with Crippen LogP contribution in [0, 0.1) is 0 Å². The third kappa shape index (κ3) is 7.04. The third-order valence-electron chi connectivity index (χ3n) is 2.59. The Kier molecular flexibility index (Phi) is 6.94. The summed E-state index contributed by atoms with van der Waals surface area (Å²) in [5, 5.41) is 8.27. The Morgan fingerprint density at radius 1 is 1.40 bits per heavy atom. The molecule has 108 valence electrons. The van der Waals surface area contributed by atoms with E-state index in [1.54, 1.807) is 6.08 Å². The number of azo groups is 1. The Labute approximate surface area is 124 Å². The molecule has 0 bridgehead atoms. The predicted molar refractivity (Wildman–Crippen MR) is 80.2 cm³/mol. The van der Waals surface area contributed by atoms with E-state index in [9.17, 15) is 4.79 Å². The lowest BCUT2D eigenvalue weighted by molar-refractivity contribution is -0.134. The zero-order valence-electron chi connectivity index (χ0n) is 11.8. The van der Waals surface area contributed by atoms with Crippen molar-refractivity contribution in [1.29, 1.82) is 0 Å². The highest BCUT2D eigenvalue weighted by atomic mass is 35.5. The van der Waals surface area contributed by atoms with Gasteiger partial charge in [-0.15, -0.1) is 0 Å². The average molecular weight is 295 g/mol. The van der Waals surface area contributed by atoms with E-state index in [0.717, 1.165) is 18.5 Å². The van der Waals surface area contributed by atoms with Crippen LogP contribution in [-0.2, 0) is 9.53 Å². The number of hydrogen-bond donors (Lipinski definition) is 0. The number of ether oxygens (including phenoxy) is 1. The molecule has 0 aliphatic carbocycles. The summed E-state index contributed by atoms with van der Waals surface area (Å²) in [4.78, 5) is 10.1. The first-order valence-corrected chi connectivity index (χ1v) is 6.83. The summed E-state index contributed by atoms with van der Waals surface area (Å²) in [6.07, 6.45) is 5.43. The highest BCUT2D eigenvalue weighted by molar-refractivity contribution is 6.23. The van der Waals surface area contributed by atoms with Gasteiger partial charge in [0.25, 0.3) is 0 Å². The first kappa shape index (κ1) is 16.4. The summed E-state index contributed by atoms with van der Waals surface area (Å²) in [7, 11) is 1.35. The maximum absolute atomic E-state index is 10.9. The summed E-state index contributed by atoms with van der Waals surface area (Å²) in [6.45, 7) is 1.82. The number of unbranched alkanes of at least 4 members (excludes halogenated alkanes) is 1. The fourth-order valence-electron chi connectivity index (χ4n) is 1.50. The van der Waals surface area contributed by atoms with Gasteiger partial charge in [-0.1, -0.05) is 35.9 Å². The molecule has 0 aliphatic rings. The second-order valence-electron chi connectivity index (χ2n) is 4.50. The van der Waals surface area contributed by atoms with Crippen molar-refractivity contribution in [3.8, 4) is 0 Å². The summed E-state index contributed by atoms with van der Waals surface area (Å²) in [6, 6.07) is 9.47. The molecule has 0 spiro atoms. The van der Waals surface area contributed by atoms with Gasteiger partial charge in [-0.3, -0.25) is 0 Å². The number of hydrogen-bond acceptors (Lipinski definition) is 4. The van der Waals surface area contributed by atoms with Crippen molar-refractivity contribution in [3.63, 3.8) is 0 Å². The fraction of sp³-hybridized carbons (Fsp3) is 0.400. The van der Waals surface area contributed by atoms with Gasteiger partial charge in [0.05, 0.1) is 12.8 Å². The summed E-state index contributed by atoms with van der Waals surface area (Å²) >= 11 is 6.28. The van der Waals surface area contributed by atoms with Crippen molar-refractivity contribution in [1.82, 2.24) is 0 Å². The second kappa shape index (κ2) is 8.48. The Bertz CT molecular complexity index is 470. The molecule has 0 radical (unpaired) electrons. The fourth-order valence-corrected chi connectivity index (χ4v) is 1.67. The van der Waals surface area contributed by atoms with E-state index in [-0.39, 0.29) is 5.97 Å². The maximum atomic E-state index is 10.9. The molecular formula is C15H19ClN2O2. The Hall–Kier alpha value is -1.68. The van der Waals surface area contributed by atoms with Gasteiger partial charge in [0.15, 0.2) is 5.00 Å². The lowest BCUT2D eigenvalue weighted by atomic mass is 10.1. The minimum atomic E-state index is -0.727. The first-order chi connectivity index (χ1) is 9.53. The van der Waals surface area contributed by atoms with Crippen LogP contribution in [-0.4, -0.2) is 18.1 Å². The zero-order chi connectivity index (χ0) is 14.8. The predicted octanol–water partition coefficient (Wildman–Crippen LogP) is 4.62. The lowest BCUT2D eigenvalue weighted by Gasteiger charge is -2.14. The average Bonchev–Trinajstić information content (AvgIpc) is 2.45. The molecule has 0 saturated carbocycles. The summed E-state index contributed by atoms with van der Waals surface area (Å²) < 4.78 is 4.50. The number of halogens is 1. The molecule has 1 rings (SSSR count). The van der Waals surface area contributed by atoms with E-state index in [1.165, 1.54) is 13.2 Å². The zero-order valence-corrected chi connectivity index (χ0v) is 12.5. The molecule has 0 aromatic heterocycles. The van der Waals surface area contributed by atoms with Crippen molar-refractivity contribution in [3.05, 3.63) is 42.5 Å². The first-order valence-electron chi connectivity index (χ1n) is 6.45. The number of alkyl halides is 1. The maximum Gasteiger partial charge on any atom is 0.330 e. The van der Waals surface area contributed by atoms with Gasteiger partial charge in [0, 0.05) is 6.08 Å². The molecule has 0 aliphatic heterocycles. The molecule has 5 heteroatoms. The Morgan fingerprint density at radius 3 is 2.75 bits per heavy atom. The monoisotopic (exact) mass is 294 g/mol. The second-order valence-corrected chi connectivity index (χ2v) is 5.31. The minimum absolute atomic E-state index is 0.345. The smallest absolute Gasteiger partial charge is 0.330 e. The van der Waals surface area contributed by atoms with Crippen molar-refractivity contribution >= 4 is 23.3 Å². The normalized spacial score (nSPS) is 14.6. The largest absolute Gasteiger partial charge is 0.466 e. The number of nitrogens with zero attached hydrogens (tertiary/aromatic N) is 2. The molecule has 0 saturated heterocycles. The van der Waals surface area contributed by atoms with Crippen LogP contribution in [0.25, 0.3) is 0 Å². The number of benzene rings is 1. The molecule has 20 heavy (non-hydrogen) atoms. The number of carbonyl (C=O) groups excluding carboxylic acids is 1. The highest BCUT2D eigenvalue weighted by Gasteiger charge is 2.18. The summed E-state index contributed by atoms with van der Waals surface area (Å²) in [5.74, 6) is -0.345.